The van der Waals surface area contributed by atoms with Gasteiger partial charge in [-0.2, -0.15) is 5.10 Å². The average Bonchev–Trinajstić information content (AvgIpc) is 3.28. The third kappa shape index (κ3) is 5.65. The smallest absolute Gasteiger partial charge is 0.250 e. The Kier molecular flexibility index (Phi) is 7.48. The van der Waals surface area contributed by atoms with Crippen molar-refractivity contribution in [2.75, 3.05) is 12.9 Å². The van der Waals surface area contributed by atoms with Crippen molar-refractivity contribution in [3.05, 3.63) is 83.1 Å². The van der Waals surface area contributed by atoms with E-state index in [-0.39, 0.29) is 11.7 Å². The molecule has 10 heteroatoms. The van der Waals surface area contributed by atoms with Crippen LogP contribution in [-0.2, 0) is 4.79 Å². The number of hydrazone groups is 1. The van der Waals surface area contributed by atoms with Gasteiger partial charge in [-0.1, -0.05) is 39.8 Å². The number of nitrogens with zero attached hydrogens (tertiary/aromatic N) is 5. The van der Waals surface area contributed by atoms with Crippen LogP contribution in [0.15, 0.2) is 87.8 Å². The second kappa shape index (κ2) is 10.9. The molecule has 1 amide bonds. The van der Waals surface area contributed by atoms with E-state index in [0.717, 1.165) is 21.3 Å². The molecule has 0 unspecified atom stereocenters. The Morgan fingerprint density at radius 2 is 1.97 bits per heavy atom. The van der Waals surface area contributed by atoms with Gasteiger partial charge < -0.3 is 4.74 Å². The van der Waals surface area contributed by atoms with Crippen LogP contribution in [0.3, 0.4) is 0 Å². The van der Waals surface area contributed by atoms with E-state index in [4.69, 9.17) is 4.74 Å². The summed E-state index contributed by atoms with van der Waals surface area (Å²) in [7, 11) is 1.59. The fraction of sp³-hybridized carbons (Fsp3) is 0.0870. The molecule has 4 aromatic rings. The number of para-hydroxylation sites is 1. The number of carbonyl (C=O) groups is 1. The van der Waals surface area contributed by atoms with Crippen molar-refractivity contribution >= 4 is 39.8 Å². The Labute approximate surface area is 203 Å². The summed E-state index contributed by atoms with van der Waals surface area (Å²) in [6, 6.07) is 19.0. The van der Waals surface area contributed by atoms with Crippen LogP contribution in [0.25, 0.3) is 17.1 Å². The maximum atomic E-state index is 12.4. The molecule has 2 aromatic heterocycles. The van der Waals surface area contributed by atoms with Gasteiger partial charge in [0, 0.05) is 33.7 Å². The standard InChI is InChI=1S/C23H19BrN6O2S/c1-32-20-7-3-2-5-16(20)14-26-27-21(31)15-33-23-29-28-22(17-6-4-12-25-13-17)30(23)19-10-8-18(24)9-11-19/h2-14H,15H2,1H3,(H,27,31). The van der Waals surface area contributed by atoms with E-state index in [0.29, 0.717) is 16.7 Å². The number of thioether (sulfide) groups is 1. The predicted octanol–water partition coefficient (Wildman–Crippen LogP) is 4.34. The molecule has 8 nitrogen and oxygen atoms in total. The molecule has 0 spiro atoms. The van der Waals surface area contributed by atoms with Crippen molar-refractivity contribution in [1.82, 2.24) is 25.2 Å². The van der Waals surface area contributed by atoms with Crippen LogP contribution in [0, 0.1) is 0 Å². The maximum absolute atomic E-state index is 12.4. The molecule has 0 atom stereocenters. The molecule has 2 heterocycles. The first-order valence-corrected chi connectivity index (χ1v) is 11.6. The van der Waals surface area contributed by atoms with Crippen LogP contribution in [0.2, 0.25) is 0 Å². The lowest BCUT2D eigenvalue weighted by molar-refractivity contribution is -0.118. The van der Waals surface area contributed by atoms with E-state index in [1.165, 1.54) is 11.8 Å². The molecule has 33 heavy (non-hydrogen) atoms. The summed E-state index contributed by atoms with van der Waals surface area (Å²) in [6.07, 6.45) is 4.98. The molecule has 4 rings (SSSR count). The Bertz CT molecular complexity index is 1260. The van der Waals surface area contributed by atoms with E-state index < -0.39 is 0 Å². The minimum Gasteiger partial charge on any atom is -0.496 e. The molecule has 2 aromatic carbocycles. The van der Waals surface area contributed by atoms with Crippen LogP contribution in [0.1, 0.15) is 5.56 Å². The fourth-order valence-corrected chi connectivity index (χ4v) is 3.99. The van der Waals surface area contributed by atoms with E-state index in [1.54, 1.807) is 25.7 Å². The molecule has 0 aliphatic rings. The second-order valence-electron chi connectivity index (χ2n) is 6.68. The number of aromatic nitrogens is 4. The lowest BCUT2D eigenvalue weighted by atomic mass is 10.2. The number of methoxy groups -OCH3 is 1. The minimum atomic E-state index is -0.264. The fourth-order valence-electron chi connectivity index (χ4n) is 2.98. The van der Waals surface area contributed by atoms with Crippen LogP contribution < -0.4 is 10.2 Å². The Morgan fingerprint density at radius 1 is 1.15 bits per heavy atom. The summed E-state index contributed by atoms with van der Waals surface area (Å²) in [5, 5.41) is 13.3. The highest BCUT2D eigenvalue weighted by atomic mass is 79.9. The summed E-state index contributed by atoms with van der Waals surface area (Å²) in [5.74, 6) is 1.17. The van der Waals surface area contributed by atoms with Gasteiger partial charge >= 0.3 is 0 Å². The molecule has 0 fully saturated rings. The Hall–Kier alpha value is -3.50. The van der Waals surface area contributed by atoms with Crippen molar-refractivity contribution in [2.24, 2.45) is 5.10 Å². The van der Waals surface area contributed by atoms with Crippen molar-refractivity contribution in [2.45, 2.75) is 5.16 Å². The molecule has 0 saturated carbocycles. The minimum absolute atomic E-state index is 0.116. The molecule has 0 aliphatic heterocycles. The van der Waals surface area contributed by atoms with E-state index in [1.807, 2.05) is 65.2 Å². The summed E-state index contributed by atoms with van der Waals surface area (Å²) < 4.78 is 8.14. The largest absolute Gasteiger partial charge is 0.496 e. The lowest BCUT2D eigenvalue weighted by Gasteiger charge is -2.10. The summed E-state index contributed by atoms with van der Waals surface area (Å²) in [4.78, 5) is 16.6. The maximum Gasteiger partial charge on any atom is 0.250 e. The quantitative estimate of drug-likeness (QED) is 0.210. The van der Waals surface area contributed by atoms with Crippen molar-refractivity contribution < 1.29 is 9.53 Å². The molecule has 0 bridgehead atoms. The van der Waals surface area contributed by atoms with Gasteiger partial charge in [0.2, 0.25) is 0 Å². The van der Waals surface area contributed by atoms with Gasteiger partial charge in [-0.25, -0.2) is 5.43 Å². The number of rotatable bonds is 8. The molecule has 166 valence electrons. The first-order chi connectivity index (χ1) is 16.2. The number of ether oxygens (including phenoxy) is 1. The number of halogens is 1. The average molecular weight is 523 g/mol. The molecule has 0 aliphatic carbocycles. The number of pyridine rings is 1. The van der Waals surface area contributed by atoms with Gasteiger partial charge in [-0.15, -0.1) is 10.2 Å². The number of amides is 1. The summed E-state index contributed by atoms with van der Waals surface area (Å²) in [6.45, 7) is 0. The third-order valence-corrected chi connectivity index (χ3v) is 5.96. The van der Waals surface area contributed by atoms with Crippen molar-refractivity contribution in [3.63, 3.8) is 0 Å². The zero-order chi connectivity index (χ0) is 23.0. The number of benzene rings is 2. The number of hydrogen-bond acceptors (Lipinski definition) is 7. The first kappa shape index (κ1) is 22.7. The number of hydrogen-bond donors (Lipinski definition) is 1. The Morgan fingerprint density at radius 3 is 2.73 bits per heavy atom. The number of nitrogens with one attached hydrogen (secondary N) is 1. The monoisotopic (exact) mass is 522 g/mol. The molecule has 0 saturated heterocycles. The van der Waals surface area contributed by atoms with Gasteiger partial charge in [0.15, 0.2) is 11.0 Å². The second-order valence-corrected chi connectivity index (χ2v) is 8.54. The first-order valence-electron chi connectivity index (χ1n) is 9.85. The van der Waals surface area contributed by atoms with Crippen LogP contribution in [-0.4, -0.2) is 44.7 Å². The van der Waals surface area contributed by atoms with E-state index in [2.05, 4.69) is 41.6 Å². The van der Waals surface area contributed by atoms with Crippen LogP contribution in [0.4, 0.5) is 0 Å². The molecule has 1 N–H and O–H groups in total. The molecular weight excluding hydrogens is 504 g/mol. The van der Waals surface area contributed by atoms with Gasteiger partial charge in [-0.3, -0.25) is 14.3 Å². The number of carbonyl (C=O) groups excluding carboxylic acids is 1. The van der Waals surface area contributed by atoms with E-state index >= 15 is 0 Å². The van der Waals surface area contributed by atoms with Crippen LogP contribution in [0.5, 0.6) is 5.75 Å². The topological polar surface area (TPSA) is 94.3 Å². The normalized spacial score (nSPS) is 11.0. The zero-order valence-electron chi connectivity index (χ0n) is 17.6. The molecule has 0 radical (unpaired) electrons. The van der Waals surface area contributed by atoms with Crippen molar-refractivity contribution in [1.29, 1.82) is 0 Å². The highest BCUT2D eigenvalue weighted by molar-refractivity contribution is 9.10. The van der Waals surface area contributed by atoms with Crippen molar-refractivity contribution in [3.8, 4) is 22.8 Å². The van der Waals surface area contributed by atoms with Gasteiger partial charge in [0.1, 0.15) is 5.75 Å². The Balaban J connectivity index is 1.50. The summed E-state index contributed by atoms with van der Waals surface area (Å²) in [5.41, 5.74) is 5.00. The highest BCUT2D eigenvalue weighted by Gasteiger charge is 2.17. The predicted molar refractivity (Wildman–Crippen MR) is 132 cm³/mol. The third-order valence-electron chi connectivity index (χ3n) is 4.50. The highest BCUT2D eigenvalue weighted by Crippen LogP contribution is 2.28. The van der Waals surface area contributed by atoms with Gasteiger partial charge in [-0.05, 0) is 48.5 Å². The summed E-state index contributed by atoms with van der Waals surface area (Å²) >= 11 is 4.73. The SMILES string of the molecule is COc1ccccc1C=NNC(=O)CSc1nnc(-c2cccnc2)n1-c1ccc(Br)cc1. The van der Waals surface area contributed by atoms with Crippen LogP contribution >= 0.6 is 27.7 Å². The van der Waals surface area contributed by atoms with Gasteiger partial charge in [0.25, 0.3) is 5.91 Å². The zero-order valence-corrected chi connectivity index (χ0v) is 20.0. The van der Waals surface area contributed by atoms with Gasteiger partial charge in [0.05, 0.1) is 19.1 Å². The molecular formula is C23H19BrN6O2S. The van der Waals surface area contributed by atoms with E-state index in [9.17, 15) is 4.79 Å². The lowest BCUT2D eigenvalue weighted by Crippen LogP contribution is -2.20.